The van der Waals surface area contributed by atoms with Crippen LogP contribution in [-0.4, -0.2) is 37.7 Å². The number of benzene rings is 1. The smallest absolute Gasteiger partial charge is 0.317 e. The van der Waals surface area contributed by atoms with E-state index >= 15 is 0 Å². The predicted octanol–water partition coefficient (Wildman–Crippen LogP) is 4.40. The maximum atomic E-state index is 12.4. The zero-order valence-electron chi connectivity index (χ0n) is 15.2. The van der Waals surface area contributed by atoms with Crippen LogP contribution in [-0.2, 0) is 12.0 Å². The van der Waals surface area contributed by atoms with Gasteiger partial charge in [-0.15, -0.1) is 11.3 Å². The average molecular weight is 439 g/mol. The number of amides is 2. The predicted molar refractivity (Wildman–Crippen MR) is 107 cm³/mol. The first-order valence-corrected chi connectivity index (χ1v) is 10.1. The maximum Gasteiger partial charge on any atom is 0.317 e. The maximum absolute atomic E-state index is 12.4. The van der Waals surface area contributed by atoms with E-state index in [2.05, 4.69) is 35.1 Å². The monoisotopic (exact) mass is 438 g/mol. The van der Waals surface area contributed by atoms with Crippen LogP contribution in [0.2, 0.25) is 0 Å². The van der Waals surface area contributed by atoms with Gasteiger partial charge in [-0.25, -0.2) is 4.79 Å². The molecule has 0 atom stereocenters. The third-order valence-corrected chi connectivity index (χ3v) is 5.98. The highest BCUT2D eigenvalue weighted by Gasteiger charge is 2.25. The Balaban J connectivity index is 1.59. The molecule has 3 rings (SSSR count). The highest BCUT2D eigenvalue weighted by atomic mass is 79.9. The Morgan fingerprint density at radius 2 is 1.96 bits per heavy atom. The molecular formula is C19H23BrN2O3S. The van der Waals surface area contributed by atoms with Gasteiger partial charge in [0, 0.05) is 23.9 Å². The number of hydrogen-bond acceptors (Lipinski definition) is 4. The second kappa shape index (κ2) is 7.88. The summed E-state index contributed by atoms with van der Waals surface area (Å²) in [4.78, 5) is 15.3. The Labute approximate surface area is 166 Å². The van der Waals surface area contributed by atoms with Crippen LogP contribution in [0.1, 0.15) is 24.3 Å². The molecule has 2 amide bonds. The molecule has 0 saturated heterocycles. The van der Waals surface area contributed by atoms with Gasteiger partial charge in [-0.1, -0.05) is 19.9 Å². The molecule has 0 saturated carbocycles. The molecule has 140 valence electrons. The van der Waals surface area contributed by atoms with Crippen molar-refractivity contribution >= 4 is 33.3 Å². The zero-order chi connectivity index (χ0) is 18.7. The van der Waals surface area contributed by atoms with E-state index in [0.717, 1.165) is 25.7 Å². The van der Waals surface area contributed by atoms with Crippen LogP contribution in [0.5, 0.6) is 11.5 Å². The fourth-order valence-corrected chi connectivity index (χ4v) is 4.28. The van der Waals surface area contributed by atoms with Gasteiger partial charge >= 0.3 is 6.03 Å². The number of carbonyl (C=O) groups is 1. The van der Waals surface area contributed by atoms with Crippen molar-refractivity contribution in [1.29, 1.82) is 0 Å². The quantitative estimate of drug-likeness (QED) is 0.752. The van der Waals surface area contributed by atoms with Gasteiger partial charge in [0.15, 0.2) is 11.5 Å². The summed E-state index contributed by atoms with van der Waals surface area (Å²) in [6.45, 7) is 6.48. The number of fused-ring (bicyclic) bond motifs is 1. The minimum Gasteiger partial charge on any atom is -0.486 e. The van der Waals surface area contributed by atoms with Crippen LogP contribution in [0.15, 0.2) is 34.1 Å². The highest BCUT2D eigenvalue weighted by Crippen LogP contribution is 2.35. The largest absolute Gasteiger partial charge is 0.486 e. The summed E-state index contributed by atoms with van der Waals surface area (Å²) in [5.41, 5.74) is 0.880. The molecule has 1 aliphatic rings. The fourth-order valence-electron chi connectivity index (χ4n) is 2.74. The minimum atomic E-state index is -0.224. The van der Waals surface area contributed by atoms with E-state index in [1.807, 2.05) is 30.3 Å². The molecular weight excluding hydrogens is 416 g/mol. The third-order valence-electron chi connectivity index (χ3n) is 4.37. The normalized spacial score (nSPS) is 13.4. The number of hydrogen-bond donors (Lipinski definition) is 1. The molecule has 0 unspecified atom stereocenters. The summed E-state index contributed by atoms with van der Waals surface area (Å²) in [6.07, 6.45) is 0. The van der Waals surface area contributed by atoms with Crippen molar-refractivity contribution in [2.24, 2.45) is 0 Å². The molecule has 26 heavy (non-hydrogen) atoms. The van der Waals surface area contributed by atoms with Crippen LogP contribution in [0, 0.1) is 0 Å². The number of urea groups is 1. The second-order valence-corrected chi connectivity index (χ2v) is 9.51. The summed E-state index contributed by atoms with van der Waals surface area (Å²) in [5, 5.41) is 3.04. The lowest BCUT2D eigenvalue weighted by molar-refractivity contribution is 0.171. The van der Waals surface area contributed by atoms with E-state index in [0.29, 0.717) is 26.3 Å². The molecule has 1 N–H and O–H groups in total. The summed E-state index contributed by atoms with van der Waals surface area (Å²) in [5.74, 6) is 1.55. The standard InChI is InChI=1S/C19H23BrN2O3S/c1-19(2,13-4-6-15-16(10-13)25-9-8-24-15)12-21-18(23)22(3)11-14-5-7-17(20)26-14/h4-7,10H,8-9,11-12H2,1-3H3,(H,21,23). The number of rotatable bonds is 5. The van der Waals surface area contributed by atoms with Crippen molar-refractivity contribution in [2.45, 2.75) is 25.8 Å². The minimum absolute atomic E-state index is 0.0832. The average Bonchev–Trinajstić information content (AvgIpc) is 3.04. The summed E-state index contributed by atoms with van der Waals surface area (Å²) < 4.78 is 12.3. The van der Waals surface area contributed by atoms with Crippen LogP contribution < -0.4 is 14.8 Å². The van der Waals surface area contributed by atoms with Gasteiger partial charge < -0.3 is 19.7 Å². The van der Waals surface area contributed by atoms with Crippen molar-refractivity contribution < 1.29 is 14.3 Å². The first kappa shape index (κ1) is 19.0. The van der Waals surface area contributed by atoms with Crippen molar-refractivity contribution in [3.63, 3.8) is 0 Å². The van der Waals surface area contributed by atoms with Crippen LogP contribution in [0.25, 0.3) is 0 Å². The Morgan fingerprint density at radius 1 is 1.23 bits per heavy atom. The number of halogens is 1. The number of ether oxygens (including phenoxy) is 2. The SMILES string of the molecule is CN(Cc1ccc(Br)s1)C(=O)NCC(C)(C)c1ccc2c(c1)OCCO2. The van der Waals surface area contributed by atoms with Crippen LogP contribution >= 0.6 is 27.3 Å². The molecule has 2 heterocycles. The molecule has 0 bridgehead atoms. The van der Waals surface area contributed by atoms with Gasteiger partial charge in [0.25, 0.3) is 0 Å². The molecule has 2 aromatic rings. The lowest BCUT2D eigenvalue weighted by Crippen LogP contribution is -2.42. The van der Waals surface area contributed by atoms with Gasteiger partial charge in [-0.3, -0.25) is 0 Å². The summed E-state index contributed by atoms with van der Waals surface area (Å²) in [7, 11) is 1.81. The van der Waals surface area contributed by atoms with Crippen molar-refractivity contribution in [1.82, 2.24) is 10.2 Å². The van der Waals surface area contributed by atoms with Gasteiger partial charge in [0.05, 0.1) is 10.3 Å². The Kier molecular flexibility index (Phi) is 5.77. The van der Waals surface area contributed by atoms with Gasteiger partial charge in [-0.2, -0.15) is 0 Å². The van der Waals surface area contributed by atoms with E-state index in [1.165, 1.54) is 0 Å². The molecule has 0 aliphatic carbocycles. The van der Waals surface area contributed by atoms with Crippen molar-refractivity contribution in [3.8, 4) is 11.5 Å². The number of thiophene rings is 1. The third kappa shape index (κ3) is 4.51. The van der Waals surface area contributed by atoms with Crippen LogP contribution in [0.4, 0.5) is 4.79 Å². The van der Waals surface area contributed by atoms with E-state index in [1.54, 1.807) is 23.3 Å². The fraction of sp³-hybridized carbons (Fsp3) is 0.421. The van der Waals surface area contributed by atoms with Crippen molar-refractivity contribution in [2.75, 3.05) is 26.8 Å². The van der Waals surface area contributed by atoms with Crippen LogP contribution in [0.3, 0.4) is 0 Å². The van der Waals surface area contributed by atoms with E-state index < -0.39 is 0 Å². The first-order chi connectivity index (χ1) is 12.3. The number of carbonyl (C=O) groups excluding carboxylic acids is 1. The van der Waals surface area contributed by atoms with Crippen molar-refractivity contribution in [3.05, 3.63) is 44.6 Å². The summed E-state index contributed by atoms with van der Waals surface area (Å²) in [6, 6.07) is 9.92. The van der Waals surface area contributed by atoms with Gasteiger partial charge in [-0.05, 0) is 45.8 Å². The molecule has 7 heteroatoms. The van der Waals surface area contributed by atoms with E-state index in [-0.39, 0.29) is 11.4 Å². The zero-order valence-corrected chi connectivity index (χ0v) is 17.6. The molecule has 1 aromatic heterocycles. The first-order valence-electron chi connectivity index (χ1n) is 8.48. The van der Waals surface area contributed by atoms with E-state index in [9.17, 15) is 4.79 Å². The molecule has 5 nitrogen and oxygen atoms in total. The molecule has 0 spiro atoms. The summed E-state index contributed by atoms with van der Waals surface area (Å²) >= 11 is 5.08. The Morgan fingerprint density at radius 3 is 2.65 bits per heavy atom. The lowest BCUT2D eigenvalue weighted by atomic mass is 9.84. The topological polar surface area (TPSA) is 50.8 Å². The van der Waals surface area contributed by atoms with Gasteiger partial charge in [0.2, 0.25) is 0 Å². The Bertz CT molecular complexity index is 791. The Hall–Kier alpha value is -1.73. The second-order valence-electron chi connectivity index (χ2n) is 6.96. The molecule has 1 aliphatic heterocycles. The number of nitrogens with one attached hydrogen (secondary N) is 1. The van der Waals surface area contributed by atoms with Gasteiger partial charge in [0.1, 0.15) is 13.2 Å². The molecule has 0 fully saturated rings. The highest BCUT2D eigenvalue weighted by molar-refractivity contribution is 9.11. The number of nitrogens with zero attached hydrogens (tertiary/aromatic N) is 1. The van der Waals surface area contributed by atoms with E-state index in [4.69, 9.17) is 9.47 Å². The molecule has 0 radical (unpaired) electrons. The molecule has 1 aromatic carbocycles. The lowest BCUT2D eigenvalue weighted by Gasteiger charge is -2.29.